The van der Waals surface area contributed by atoms with Gasteiger partial charge in [-0.25, -0.2) is 0 Å². The van der Waals surface area contributed by atoms with E-state index in [1.54, 1.807) is 13.0 Å². The van der Waals surface area contributed by atoms with Gasteiger partial charge in [0.15, 0.2) is 0 Å². The zero-order valence-corrected chi connectivity index (χ0v) is 11.2. The molecule has 1 fully saturated rings. The maximum atomic E-state index is 11.9. The number of aryl methyl sites for hydroxylation is 1. The number of methoxy groups -OCH3 is 1. The van der Waals surface area contributed by atoms with Crippen LogP contribution in [0.25, 0.3) is 0 Å². The fraction of sp³-hybridized carbons (Fsp3) is 0.385. The molecule has 0 N–H and O–H groups in total. The highest BCUT2D eigenvalue weighted by molar-refractivity contribution is 5.99. The van der Waals surface area contributed by atoms with Crippen molar-refractivity contribution in [1.29, 1.82) is 0 Å². The van der Waals surface area contributed by atoms with Crippen LogP contribution in [-0.4, -0.2) is 30.5 Å². The number of nitro groups is 1. The summed E-state index contributed by atoms with van der Waals surface area (Å²) in [6.07, 6.45) is 0.0999. The van der Waals surface area contributed by atoms with E-state index < -0.39 is 16.8 Å². The lowest BCUT2D eigenvalue weighted by Gasteiger charge is -2.16. The molecule has 7 nitrogen and oxygen atoms in total. The monoisotopic (exact) mass is 278 g/mol. The Morgan fingerprint density at radius 1 is 1.50 bits per heavy atom. The van der Waals surface area contributed by atoms with Gasteiger partial charge in [-0.3, -0.25) is 19.7 Å². The summed E-state index contributed by atoms with van der Waals surface area (Å²) in [4.78, 5) is 35.1. The first-order chi connectivity index (χ1) is 9.43. The van der Waals surface area contributed by atoms with Crippen LogP contribution in [0.3, 0.4) is 0 Å². The summed E-state index contributed by atoms with van der Waals surface area (Å²) >= 11 is 0. The molecule has 1 aromatic carbocycles. The van der Waals surface area contributed by atoms with E-state index in [-0.39, 0.29) is 24.6 Å². The number of carbonyl (C=O) groups excluding carboxylic acids is 2. The fourth-order valence-electron chi connectivity index (χ4n) is 2.29. The van der Waals surface area contributed by atoms with Gasteiger partial charge in [-0.05, 0) is 19.1 Å². The highest BCUT2D eigenvalue weighted by Gasteiger charge is 2.36. The average Bonchev–Trinajstić information content (AvgIpc) is 2.79. The Kier molecular flexibility index (Phi) is 3.69. The number of nitrogens with zero attached hydrogens (tertiary/aromatic N) is 2. The normalized spacial score (nSPS) is 18.2. The molecule has 0 spiro atoms. The van der Waals surface area contributed by atoms with Crippen LogP contribution in [-0.2, 0) is 14.3 Å². The van der Waals surface area contributed by atoms with E-state index in [9.17, 15) is 19.7 Å². The maximum absolute atomic E-state index is 11.9. The van der Waals surface area contributed by atoms with Crippen molar-refractivity contribution in [3.63, 3.8) is 0 Å². The van der Waals surface area contributed by atoms with Gasteiger partial charge in [0.2, 0.25) is 5.91 Å². The van der Waals surface area contributed by atoms with Crippen molar-refractivity contribution in [2.45, 2.75) is 13.3 Å². The first-order valence-electron chi connectivity index (χ1n) is 6.07. The molecular weight excluding hydrogens is 264 g/mol. The molecule has 1 amide bonds. The standard InChI is InChI=1S/C13H14N2O5/c1-8-5-10(3-4-11(8)15(18)19)14-7-9(6-12(14)16)13(17)20-2/h3-5,9H,6-7H2,1-2H3. The molecular formula is C13H14N2O5. The minimum Gasteiger partial charge on any atom is -0.469 e. The number of benzene rings is 1. The number of ether oxygens (including phenoxy) is 1. The van der Waals surface area contributed by atoms with Gasteiger partial charge in [0.1, 0.15) is 0 Å². The number of carbonyl (C=O) groups is 2. The van der Waals surface area contributed by atoms with Gasteiger partial charge in [-0.1, -0.05) is 0 Å². The minimum absolute atomic E-state index is 0.00455. The van der Waals surface area contributed by atoms with Gasteiger partial charge in [0.05, 0.1) is 18.0 Å². The highest BCUT2D eigenvalue weighted by Crippen LogP contribution is 2.29. The molecule has 0 radical (unpaired) electrons. The van der Waals surface area contributed by atoms with Crippen LogP contribution in [0.2, 0.25) is 0 Å². The molecule has 7 heteroatoms. The van der Waals surface area contributed by atoms with Crippen LogP contribution in [0.5, 0.6) is 0 Å². The topological polar surface area (TPSA) is 89.8 Å². The van der Waals surface area contributed by atoms with Gasteiger partial charge in [0, 0.05) is 30.3 Å². The quantitative estimate of drug-likeness (QED) is 0.474. The van der Waals surface area contributed by atoms with Crippen LogP contribution < -0.4 is 4.90 Å². The Hall–Kier alpha value is -2.44. The van der Waals surface area contributed by atoms with Crippen molar-refractivity contribution in [3.05, 3.63) is 33.9 Å². The maximum Gasteiger partial charge on any atom is 0.311 e. The number of hydrogen-bond acceptors (Lipinski definition) is 5. The van der Waals surface area contributed by atoms with Crippen LogP contribution in [0.1, 0.15) is 12.0 Å². The third kappa shape index (κ3) is 2.47. The molecule has 1 saturated heterocycles. The Balaban J connectivity index is 2.24. The van der Waals surface area contributed by atoms with Crippen LogP contribution in [0.15, 0.2) is 18.2 Å². The molecule has 0 saturated carbocycles. The Morgan fingerprint density at radius 3 is 2.75 bits per heavy atom. The van der Waals surface area contributed by atoms with E-state index >= 15 is 0 Å². The van der Waals surface area contributed by atoms with Gasteiger partial charge < -0.3 is 9.64 Å². The Bertz CT molecular complexity index is 584. The first-order valence-corrected chi connectivity index (χ1v) is 6.07. The summed E-state index contributed by atoms with van der Waals surface area (Å²) < 4.78 is 4.63. The summed E-state index contributed by atoms with van der Waals surface area (Å²) in [5.74, 6) is -1.09. The number of nitro benzene ring substituents is 1. The van der Waals surface area contributed by atoms with Crippen molar-refractivity contribution in [2.75, 3.05) is 18.6 Å². The summed E-state index contributed by atoms with van der Waals surface area (Å²) in [6, 6.07) is 4.46. The minimum atomic E-state index is -0.483. The van der Waals surface area contributed by atoms with E-state index in [0.29, 0.717) is 11.3 Å². The third-order valence-corrected chi connectivity index (χ3v) is 3.35. The Labute approximate surface area is 115 Å². The molecule has 1 aliphatic rings. The number of esters is 1. The third-order valence-electron chi connectivity index (χ3n) is 3.35. The van der Waals surface area contributed by atoms with Crippen LogP contribution in [0, 0.1) is 23.0 Å². The van der Waals surface area contributed by atoms with Crippen LogP contribution >= 0.6 is 0 Å². The largest absolute Gasteiger partial charge is 0.469 e. The molecule has 1 heterocycles. The Morgan fingerprint density at radius 2 is 2.20 bits per heavy atom. The van der Waals surface area contributed by atoms with E-state index in [0.717, 1.165) is 0 Å². The van der Waals surface area contributed by atoms with Crippen molar-refractivity contribution < 1.29 is 19.2 Å². The predicted molar refractivity (Wildman–Crippen MR) is 70.3 cm³/mol. The lowest BCUT2D eigenvalue weighted by molar-refractivity contribution is -0.385. The molecule has 1 aromatic rings. The smallest absolute Gasteiger partial charge is 0.311 e. The summed E-state index contributed by atoms with van der Waals surface area (Å²) in [7, 11) is 1.28. The van der Waals surface area contributed by atoms with Gasteiger partial charge in [-0.2, -0.15) is 0 Å². The summed E-state index contributed by atoms with van der Waals surface area (Å²) in [5.41, 5.74) is 1.04. The molecule has 2 rings (SSSR count). The van der Waals surface area contributed by atoms with E-state index in [1.807, 2.05) is 0 Å². The van der Waals surface area contributed by atoms with E-state index in [1.165, 1.54) is 24.1 Å². The van der Waals surface area contributed by atoms with Gasteiger partial charge in [-0.15, -0.1) is 0 Å². The van der Waals surface area contributed by atoms with E-state index in [2.05, 4.69) is 4.74 Å². The molecule has 1 unspecified atom stereocenters. The molecule has 0 bridgehead atoms. The van der Waals surface area contributed by atoms with Crippen molar-refractivity contribution in [3.8, 4) is 0 Å². The fourth-order valence-corrected chi connectivity index (χ4v) is 2.29. The average molecular weight is 278 g/mol. The van der Waals surface area contributed by atoms with Crippen LogP contribution in [0.4, 0.5) is 11.4 Å². The molecule has 20 heavy (non-hydrogen) atoms. The number of hydrogen-bond donors (Lipinski definition) is 0. The number of amides is 1. The second-order valence-electron chi connectivity index (χ2n) is 4.66. The molecule has 0 aromatic heterocycles. The number of anilines is 1. The van der Waals surface area contributed by atoms with Crippen molar-refractivity contribution >= 4 is 23.3 Å². The summed E-state index contributed by atoms with van der Waals surface area (Å²) in [5, 5.41) is 10.8. The number of rotatable bonds is 3. The van der Waals surface area contributed by atoms with Crippen molar-refractivity contribution in [1.82, 2.24) is 0 Å². The lowest BCUT2D eigenvalue weighted by Crippen LogP contribution is -2.26. The molecule has 1 atom stereocenters. The highest BCUT2D eigenvalue weighted by atomic mass is 16.6. The van der Waals surface area contributed by atoms with Gasteiger partial charge >= 0.3 is 5.97 Å². The van der Waals surface area contributed by atoms with Crippen molar-refractivity contribution in [2.24, 2.45) is 5.92 Å². The zero-order valence-electron chi connectivity index (χ0n) is 11.2. The predicted octanol–water partition coefficient (Wildman–Crippen LogP) is 1.43. The first kappa shape index (κ1) is 14.0. The molecule has 106 valence electrons. The zero-order chi connectivity index (χ0) is 14.9. The lowest BCUT2D eigenvalue weighted by atomic mass is 10.1. The molecule has 1 aliphatic heterocycles. The van der Waals surface area contributed by atoms with Gasteiger partial charge in [0.25, 0.3) is 5.69 Å². The second-order valence-corrected chi connectivity index (χ2v) is 4.66. The SMILES string of the molecule is COC(=O)C1CC(=O)N(c2ccc([N+](=O)[O-])c(C)c2)C1. The van der Waals surface area contributed by atoms with E-state index in [4.69, 9.17) is 0 Å². The molecule has 0 aliphatic carbocycles. The second kappa shape index (κ2) is 5.28. The summed E-state index contributed by atoms with van der Waals surface area (Å²) in [6.45, 7) is 1.85.